The first kappa shape index (κ1) is 30.4. The molecule has 198 valence electrons. The van der Waals surface area contributed by atoms with Crippen molar-refractivity contribution >= 4 is 17.7 Å². The highest BCUT2D eigenvalue weighted by Crippen LogP contribution is 2.19. The Balaban J connectivity index is 2.22. The summed E-state index contributed by atoms with van der Waals surface area (Å²) in [4.78, 5) is 38.8. The van der Waals surface area contributed by atoms with Gasteiger partial charge in [-0.3, -0.25) is 14.4 Å². The van der Waals surface area contributed by atoms with Crippen LogP contribution >= 0.6 is 0 Å². The van der Waals surface area contributed by atoms with E-state index in [9.17, 15) is 14.4 Å². The third-order valence-electron chi connectivity index (χ3n) is 6.95. The second-order valence-corrected chi connectivity index (χ2v) is 9.99. The van der Waals surface area contributed by atoms with Crippen molar-refractivity contribution in [1.29, 1.82) is 0 Å². The summed E-state index contributed by atoms with van der Waals surface area (Å²) in [7, 11) is 0. The lowest BCUT2D eigenvalue weighted by Crippen LogP contribution is -2.52. The second-order valence-electron chi connectivity index (χ2n) is 9.99. The first-order chi connectivity index (χ1) is 16.5. The first-order valence-corrected chi connectivity index (χ1v) is 14.1. The number of likely N-dealkylation sites (tertiary alicyclic amines) is 1. The number of nitrogens with two attached hydrogens (primary N) is 2. The number of hydrogen-bond donors (Lipinski definition) is 3. The van der Waals surface area contributed by atoms with Crippen molar-refractivity contribution < 1.29 is 14.4 Å². The number of amides is 3. The van der Waals surface area contributed by atoms with Crippen molar-refractivity contribution in [3.63, 3.8) is 0 Å². The topological polar surface area (TPSA) is 119 Å². The molecule has 3 amide bonds. The van der Waals surface area contributed by atoms with Gasteiger partial charge in [-0.25, -0.2) is 0 Å². The summed E-state index contributed by atoms with van der Waals surface area (Å²) in [5.41, 5.74) is 11.1. The van der Waals surface area contributed by atoms with E-state index in [0.717, 1.165) is 38.5 Å². The zero-order valence-corrected chi connectivity index (χ0v) is 21.8. The minimum Gasteiger partial charge on any atom is -0.368 e. The predicted octanol–water partition coefficient (Wildman–Crippen LogP) is 4.56. The van der Waals surface area contributed by atoms with Gasteiger partial charge in [0.25, 0.3) is 0 Å². The summed E-state index contributed by atoms with van der Waals surface area (Å²) < 4.78 is 0. The molecule has 0 aromatic rings. The largest absolute Gasteiger partial charge is 0.368 e. The van der Waals surface area contributed by atoms with E-state index in [2.05, 4.69) is 12.2 Å². The molecule has 0 spiro atoms. The van der Waals surface area contributed by atoms with Crippen LogP contribution in [0.1, 0.15) is 129 Å². The fourth-order valence-corrected chi connectivity index (χ4v) is 4.85. The number of primary amides is 1. The third-order valence-corrected chi connectivity index (χ3v) is 6.95. The van der Waals surface area contributed by atoms with Crippen LogP contribution in [0, 0.1) is 0 Å². The van der Waals surface area contributed by atoms with Gasteiger partial charge in [0.2, 0.25) is 17.7 Å². The van der Waals surface area contributed by atoms with Crippen molar-refractivity contribution in [3.05, 3.63) is 0 Å². The molecule has 1 aliphatic rings. The van der Waals surface area contributed by atoms with Crippen molar-refractivity contribution in [2.24, 2.45) is 11.5 Å². The zero-order valence-electron chi connectivity index (χ0n) is 21.8. The summed E-state index contributed by atoms with van der Waals surface area (Å²) in [6.07, 6.45) is 20.4. The van der Waals surface area contributed by atoms with Crippen LogP contribution in [0.4, 0.5) is 0 Å². The van der Waals surface area contributed by atoms with Crippen LogP contribution in [-0.2, 0) is 14.4 Å². The Bertz CT molecular complexity index is 570. The Morgan fingerprint density at radius 3 is 1.94 bits per heavy atom. The van der Waals surface area contributed by atoms with Gasteiger partial charge in [-0.2, -0.15) is 0 Å². The molecule has 0 saturated carbocycles. The van der Waals surface area contributed by atoms with E-state index >= 15 is 0 Å². The van der Waals surface area contributed by atoms with Gasteiger partial charge in [-0.15, -0.1) is 0 Å². The molecule has 0 unspecified atom stereocenters. The molecule has 1 saturated heterocycles. The fourth-order valence-electron chi connectivity index (χ4n) is 4.85. The van der Waals surface area contributed by atoms with E-state index < -0.39 is 18.0 Å². The number of hydrogen-bond acceptors (Lipinski definition) is 4. The molecular weight excluding hydrogens is 428 g/mol. The van der Waals surface area contributed by atoms with Gasteiger partial charge in [0.1, 0.15) is 12.1 Å². The summed E-state index contributed by atoms with van der Waals surface area (Å²) >= 11 is 0. The van der Waals surface area contributed by atoms with Crippen molar-refractivity contribution in [2.75, 3.05) is 13.1 Å². The average Bonchev–Trinajstić information content (AvgIpc) is 3.31. The molecule has 7 nitrogen and oxygen atoms in total. The normalized spacial score (nSPS) is 16.5. The first-order valence-electron chi connectivity index (χ1n) is 14.1. The molecule has 1 aliphatic heterocycles. The summed E-state index contributed by atoms with van der Waals surface area (Å²) in [5.74, 6) is -0.731. The predicted molar refractivity (Wildman–Crippen MR) is 139 cm³/mol. The lowest BCUT2D eigenvalue weighted by molar-refractivity contribution is -0.140. The summed E-state index contributed by atoms with van der Waals surface area (Å²) in [5, 5.41) is 2.93. The SMILES string of the molecule is CCCCCCCCCCCCCCCC(=O)N[C@@H](CCCCN)C(=O)N1CCC[C@@H]1C(N)=O. The van der Waals surface area contributed by atoms with Crippen LogP contribution < -0.4 is 16.8 Å². The molecule has 5 N–H and O–H groups in total. The van der Waals surface area contributed by atoms with E-state index in [0.29, 0.717) is 32.4 Å². The maximum absolute atomic E-state index is 13.1. The zero-order chi connectivity index (χ0) is 25.0. The minimum absolute atomic E-state index is 0.0796. The molecule has 34 heavy (non-hydrogen) atoms. The standard InChI is InChI=1S/C27H52N4O3/c1-2-3-4-5-6-7-8-9-10-11-12-13-14-20-25(32)30-23(18-15-16-21-28)27(34)31-22-17-19-24(31)26(29)33/h23-24H,2-22,28H2,1H3,(H2,29,33)(H,30,32)/t23-,24+/m0/s1. The Morgan fingerprint density at radius 2 is 1.41 bits per heavy atom. The second kappa shape index (κ2) is 19.7. The van der Waals surface area contributed by atoms with Crippen LogP contribution in [-0.4, -0.2) is 47.8 Å². The van der Waals surface area contributed by atoms with Gasteiger partial charge in [0, 0.05) is 13.0 Å². The van der Waals surface area contributed by atoms with Crippen molar-refractivity contribution in [2.45, 2.75) is 141 Å². The quantitative estimate of drug-likeness (QED) is 0.209. The molecule has 1 heterocycles. The maximum atomic E-state index is 13.1. The van der Waals surface area contributed by atoms with E-state index in [1.807, 2.05) is 0 Å². The van der Waals surface area contributed by atoms with Crippen LogP contribution in [0.2, 0.25) is 0 Å². The lowest BCUT2D eigenvalue weighted by atomic mass is 10.0. The van der Waals surface area contributed by atoms with Crippen LogP contribution in [0.3, 0.4) is 0 Å². The minimum atomic E-state index is -0.596. The van der Waals surface area contributed by atoms with Gasteiger partial charge in [0.05, 0.1) is 0 Å². The summed E-state index contributed by atoms with van der Waals surface area (Å²) in [6, 6.07) is -1.15. The smallest absolute Gasteiger partial charge is 0.245 e. The third kappa shape index (κ3) is 13.3. The molecule has 0 aromatic carbocycles. The maximum Gasteiger partial charge on any atom is 0.245 e. The molecule has 7 heteroatoms. The van der Waals surface area contributed by atoms with Crippen LogP contribution in [0.25, 0.3) is 0 Å². The van der Waals surface area contributed by atoms with Gasteiger partial charge in [0.15, 0.2) is 0 Å². The molecule has 0 aliphatic carbocycles. The average molecular weight is 481 g/mol. The number of carbonyl (C=O) groups excluding carboxylic acids is 3. The molecule has 0 radical (unpaired) electrons. The Labute approximate surface area is 208 Å². The summed E-state index contributed by atoms with van der Waals surface area (Å²) in [6.45, 7) is 3.34. The monoisotopic (exact) mass is 480 g/mol. The Morgan fingerprint density at radius 1 is 0.853 bits per heavy atom. The van der Waals surface area contributed by atoms with Crippen molar-refractivity contribution in [1.82, 2.24) is 10.2 Å². The van der Waals surface area contributed by atoms with Crippen LogP contribution in [0.5, 0.6) is 0 Å². The van der Waals surface area contributed by atoms with Gasteiger partial charge in [-0.1, -0.05) is 84.0 Å². The Hall–Kier alpha value is -1.63. The Kier molecular flexibility index (Phi) is 17.6. The number of nitrogens with one attached hydrogen (secondary N) is 1. The molecule has 1 fully saturated rings. The van der Waals surface area contributed by atoms with Crippen molar-refractivity contribution in [3.8, 4) is 0 Å². The van der Waals surface area contributed by atoms with Gasteiger partial charge in [-0.05, 0) is 45.1 Å². The van der Waals surface area contributed by atoms with Crippen LogP contribution in [0.15, 0.2) is 0 Å². The molecule has 1 rings (SSSR count). The van der Waals surface area contributed by atoms with Gasteiger partial charge >= 0.3 is 0 Å². The number of nitrogens with zero attached hydrogens (tertiary/aromatic N) is 1. The fraction of sp³-hybridized carbons (Fsp3) is 0.889. The molecule has 2 atom stereocenters. The molecular formula is C27H52N4O3. The highest BCUT2D eigenvalue weighted by molar-refractivity contribution is 5.92. The highest BCUT2D eigenvalue weighted by atomic mass is 16.2. The number of unbranched alkanes of at least 4 members (excludes halogenated alkanes) is 13. The van der Waals surface area contributed by atoms with E-state index in [1.165, 1.54) is 64.2 Å². The lowest BCUT2D eigenvalue weighted by Gasteiger charge is -2.28. The van der Waals surface area contributed by atoms with Gasteiger partial charge < -0.3 is 21.7 Å². The highest BCUT2D eigenvalue weighted by Gasteiger charge is 2.36. The van der Waals surface area contributed by atoms with E-state index in [4.69, 9.17) is 11.5 Å². The van der Waals surface area contributed by atoms with E-state index in [1.54, 1.807) is 4.90 Å². The number of rotatable bonds is 21. The van der Waals surface area contributed by atoms with E-state index in [-0.39, 0.29) is 11.8 Å². The molecule has 0 aromatic heterocycles. The number of carbonyl (C=O) groups is 3. The molecule has 0 bridgehead atoms.